The molecule has 3 aromatic heterocycles. The minimum Gasteiger partial charge on any atom is -0.461 e. The SMILES string of the molecule is O=C(NCc1ccc(C(=O)c2ccco2)s1)c1cnccn1. The number of furan rings is 1. The monoisotopic (exact) mass is 313 g/mol. The Bertz CT molecular complexity index is 781. The molecule has 0 bridgehead atoms. The molecule has 0 aromatic carbocycles. The number of aromatic nitrogens is 2. The summed E-state index contributed by atoms with van der Waals surface area (Å²) in [5.74, 6) is -0.168. The van der Waals surface area contributed by atoms with Crippen molar-refractivity contribution >= 4 is 23.0 Å². The van der Waals surface area contributed by atoms with Crippen LogP contribution in [0.4, 0.5) is 0 Å². The zero-order valence-electron chi connectivity index (χ0n) is 11.4. The van der Waals surface area contributed by atoms with E-state index in [0.717, 1.165) is 4.88 Å². The minimum atomic E-state index is -0.305. The summed E-state index contributed by atoms with van der Waals surface area (Å²) < 4.78 is 5.09. The van der Waals surface area contributed by atoms with Crippen molar-refractivity contribution in [2.75, 3.05) is 0 Å². The second kappa shape index (κ2) is 6.31. The van der Waals surface area contributed by atoms with E-state index < -0.39 is 0 Å². The van der Waals surface area contributed by atoms with E-state index in [1.807, 2.05) is 0 Å². The molecule has 22 heavy (non-hydrogen) atoms. The zero-order chi connectivity index (χ0) is 15.4. The molecule has 3 rings (SSSR count). The molecule has 0 aliphatic rings. The van der Waals surface area contributed by atoms with E-state index in [1.54, 1.807) is 24.3 Å². The number of ketones is 1. The minimum absolute atomic E-state index is 0.165. The number of nitrogens with zero attached hydrogens (tertiary/aromatic N) is 2. The molecule has 6 nitrogen and oxygen atoms in total. The highest BCUT2D eigenvalue weighted by Gasteiger charge is 2.15. The van der Waals surface area contributed by atoms with Gasteiger partial charge in [-0.1, -0.05) is 0 Å². The van der Waals surface area contributed by atoms with Crippen molar-refractivity contribution in [2.24, 2.45) is 0 Å². The molecule has 0 saturated heterocycles. The topological polar surface area (TPSA) is 85.1 Å². The first-order chi connectivity index (χ1) is 10.7. The molecule has 1 N–H and O–H groups in total. The first-order valence-electron chi connectivity index (χ1n) is 6.45. The number of hydrogen-bond acceptors (Lipinski definition) is 6. The Balaban J connectivity index is 1.63. The highest BCUT2D eigenvalue weighted by molar-refractivity contribution is 7.14. The van der Waals surface area contributed by atoms with Gasteiger partial charge in [-0.25, -0.2) is 4.98 Å². The molecule has 0 aliphatic carbocycles. The third-order valence-corrected chi connectivity index (χ3v) is 3.93. The molecule has 110 valence electrons. The average molecular weight is 313 g/mol. The van der Waals surface area contributed by atoms with Gasteiger partial charge in [-0.3, -0.25) is 14.6 Å². The lowest BCUT2D eigenvalue weighted by Crippen LogP contribution is -2.23. The van der Waals surface area contributed by atoms with Gasteiger partial charge in [-0.15, -0.1) is 11.3 Å². The summed E-state index contributed by atoms with van der Waals surface area (Å²) in [5.41, 5.74) is 0.256. The van der Waals surface area contributed by atoms with E-state index in [0.29, 0.717) is 17.2 Å². The van der Waals surface area contributed by atoms with Crippen LogP contribution in [0, 0.1) is 0 Å². The number of hydrogen-bond donors (Lipinski definition) is 1. The average Bonchev–Trinajstić information content (AvgIpc) is 3.24. The molecule has 1 amide bonds. The quantitative estimate of drug-likeness (QED) is 0.730. The molecular formula is C15H11N3O3S. The lowest BCUT2D eigenvalue weighted by atomic mass is 10.2. The first-order valence-corrected chi connectivity index (χ1v) is 7.27. The lowest BCUT2D eigenvalue weighted by Gasteiger charge is -2.01. The van der Waals surface area contributed by atoms with Crippen LogP contribution in [0.3, 0.4) is 0 Å². The molecule has 0 spiro atoms. The molecule has 0 unspecified atom stereocenters. The highest BCUT2D eigenvalue weighted by atomic mass is 32.1. The van der Waals surface area contributed by atoms with Gasteiger partial charge in [0.2, 0.25) is 5.78 Å². The van der Waals surface area contributed by atoms with Gasteiger partial charge in [-0.2, -0.15) is 0 Å². The van der Waals surface area contributed by atoms with E-state index >= 15 is 0 Å². The van der Waals surface area contributed by atoms with Crippen LogP contribution in [-0.4, -0.2) is 21.7 Å². The van der Waals surface area contributed by atoms with Crippen molar-refractivity contribution < 1.29 is 14.0 Å². The van der Waals surface area contributed by atoms with Gasteiger partial charge in [0.1, 0.15) is 5.69 Å². The van der Waals surface area contributed by atoms with Crippen LogP contribution in [0.25, 0.3) is 0 Å². The second-order valence-corrected chi connectivity index (χ2v) is 5.51. The molecule has 0 aliphatic heterocycles. The van der Waals surface area contributed by atoms with E-state index in [1.165, 1.54) is 36.2 Å². The fourth-order valence-electron chi connectivity index (χ4n) is 1.80. The highest BCUT2D eigenvalue weighted by Crippen LogP contribution is 2.20. The molecule has 0 atom stereocenters. The summed E-state index contributed by atoms with van der Waals surface area (Å²) >= 11 is 1.32. The third-order valence-electron chi connectivity index (χ3n) is 2.85. The van der Waals surface area contributed by atoms with Crippen LogP contribution >= 0.6 is 11.3 Å². The largest absolute Gasteiger partial charge is 0.461 e. The van der Waals surface area contributed by atoms with Crippen LogP contribution in [-0.2, 0) is 6.54 Å². The van der Waals surface area contributed by atoms with Gasteiger partial charge in [0.05, 0.1) is 23.9 Å². The Morgan fingerprint density at radius 2 is 2.14 bits per heavy atom. The smallest absolute Gasteiger partial charge is 0.271 e. The zero-order valence-corrected chi connectivity index (χ0v) is 12.2. The summed E-state index contributed by atoms with van der Waals surface area (Å²) in [5, 5.41) is 2.74. The lowest BCUT2D eigenvalue weighted by molar-refractivity contribution is 0.0945. The predicted molar refractivity (Wildman–Crippen MR) is 79.7 cm³/mol. The van der Waals surface area contributed by atoms with Gasteiger partial charge < -0.3 is 9.73 Å². The molecule has 3 heterocycles. The fraction of sp³-hybridized carbons (Fsp3) is 0.0667. The normalized spacial score (nSPS) is 10.4. The molecule has 3 aromatic rings. The van der Waals surface area contributed by atoms with Gasteiger partial charge in [0, 0.05) is 17.3 Å². The Kier molecular flexibility index (Phi) is 4.06. The Hall–Kier alpha value is -2.80. The Morgan fingerprint density at radius 3 is 2.86 bits per heavy atom. The van der Waals surface area contributed by atoms with Crippen molar-refractivity contribution in [1.29, 1.82) is 0 Å². The van der Waals surface area contributed by atoms with Crippen LogP contribution < -0.4 is 5.32 Å². The number of rotatable bonds is 5. The van der Waals surface area contributed by atoms with Crippen molar-refractivity contribution in [3.8, 4) is 0 Å². The van der Waals surface area contributed by atoms with E-state index in [-0.39, 0.29) is 17.4 Å². The number of carbonyl (C=O) groups excluding carboxylic acids is 2. The number of thiophene rings is 1. The molecule has 0 fully saturated rings. The van der Waals surface area contributed by atoms with E-state index in [2.05, 4.69) is 15.3 Å². The summed E-state index contributed by atoms with van der Waals surface area (Å²) in [4.78, 5) is 33.1. The van der Waals surface area contributed by atoms with Gasteiger partial charge in [-0.05, 0) is 24.3 Å². The number of nitrogens with one attached hydrogen (secondary N) is 1. The Morgan fingerprint density at radius 1 is 1.23 bits per heavy atom. The standard InChI is InChI=1S/C15H11N3O3S/c19-14(12-2-1-7-21-12)13-4-3-10(22-13)8-18-15(20)11-9-16-5-6-17-11/h1-7,9H,8H2,(H,18,20). The van der Waals surface area contributed by atoms with Gasteiger partial charge >= 0.3 is 0 Å². The summed E-state index contributed by atoms with van der Waals surface area (Å²) in [6.07, 6.45) is 5.82. The van der Waals surface area contributed by atoms with Crippen molar-refractivity contribution in [1.82, 2.24) is 15.3 Å². The fourth-order valence-corrected chi connectivity index (χ4v) is 2.69. The first kappa shape index (κ1) is 14.2. The van der Waals surface area contributed by atoms with E-state index in [9.17, 15) is 9.59 Å². The molecule has 7 heteroatoms. The van der Waals surface area contributed by atoms with Crippen molar-refractivity contribution in [2.45, 2.75) is 6.54 Å². The van der Waals surface area contributed by atoms with Crippen LogP contribution in [0.15, 0.2) is 53.5 Å². The van der Waals surface area contributed by atoms with Crippen LogP contribution in [0.5, 0.6) is 0 Å². The number of carbonyl (C=O) groups is 2. The summed E-state index contributed by atoms with van der Waals surface area (Å²) in [6, 6.07) is 6.82. The third kappa shape index (κ3) is 3.09. The maximum atomic E-state index is 12.1. The van der Waals surface area contributed by atoms with Gasteiger partial charge in [0.25, 0.3) is 5.91 Å². The van der Waals surface area contributed by atoms with Crippen LogP contribution in [0.2, 0.25) is 0 Å². The van der Waals surface area contributed by atoms with E-state index in [4.69, 9.17) is 4.42 Å². The molecule has 0 saturated carbocycles. The van der Waals surface area contributed by atoms with Crippen molar-refractivity contribution in [3.63, 3.8) is 0 Å². The van der Waals surface area contributed by atoms with Crippen molar-refractivity contribution in [3.05, 3.63) is 70.3 Å². The number of amides is 1. The Labute approximate surface area is 129 Å². The maximum absolute atomic E-state index is 12.1. The second-order valence-electron chi connectivity index (χ2n) is 4.35. The summed E-state index contributed by atoms with van der Waals surface area (Å²) in [6.45, 7) is 0.325. The predicted octanol–water partition coefficient (Wildman–Crippen LogP) is 2.29. The maximum Gasteiger partial charge on any atom is 0.271 e. The molecule has 0 radical (unpaired) electrons. The van der Waals surface area contributed by atoms with Crippen LogP contribution in [0.1, 0.15) is 30.8 Å². The van der Waals surface area contributed by atoms with Gasteiger partial charge in [0.15, 0.2) is 5.76 Å². The summed E-state index contributed by atoms with van der Waals surface area (Å²) in [7, 11) is 0. The molecular weight excluding hydrogens is 302 g/mol.